The summed E-state index contributed by atoms with van der Waals surface area (Å²) in [4.78, 5) is 0. The average Bonchev–Trinajstić information content (AvgIpc) is 2.34. The Hall–Kier alpha value is -0.910. The molecule has 1 fully saturated rings. The Kier molecular flexibility index (Phi) is 10.4. The molecule has 0 radical (unpaired) electrons. The lowest BCUT2D eigenvalue weighted by molar-refractivity contribution is 0.404. The Morgan fingerprint density at radius 2 is 1.42 bits per heavy atom. The number of phenols is 2. The second-order valence-corrected chi connectivity index (χ2v) is 6.11. The van der Waals surface area contributed by atoms with Crippen molar-refractivity contribution in [3.05, 3.63) is 24.3 Å². The van der Waals surface area contributed by atoms with Gasteiger partial charge in [0.05, 0.1) is 12.5 Å². The first-order valence-corrected chi connectivity index (χ1v) is 8.37. The molecule has 110 valence electrons. The van der Waals surface area contributed by atoms with Gasteiger partial charge in [0.25, 0.3) is 0 Å². The smallest absolute Gasteiger partial charge is 0.157 e. The van der Waals surface area contributed by atoms with Crippen LogP contribution in [0.5, 0.6) is 11.5 Å². The van der Waals surface area contributed by atoms with Crippen LogP contribution < -0.4 is 5.73 Å². The summed E-state index contributed by atoms with van der Waals surface area (Å²) in [6.07, 6.45) is 9.94. The van der Waals surface area contributed by atoms with E-state index in [9.17, 15) is 4.55 Å². The molecule has 0 aliphatic heterocycles. The van der Waals surface area contributed by atoms with Gasteiger partial charge in [-0.2, -0.15) is 0 Å². The van der Waals surface area contributed by atoms with E-state index in [0.717, 1.165) is 0 Å². The first-order valence-electron chi connectivity index (χ1n) is 6.41. The lowest BCUT2D eigenvalue weighted by Crippen LogP contribution is -2.22. The Labute approximate surface area is 118 Å². The van der Waals surface area contributed by atoms with Crippen molar-refractivity contribution in [2.75, 3.05) is 12.5 Å². The molecule has 1 aliphatic rings. The molecule has 1 saturated carbocycles. The summed E-state index contributed by atoms with van der Waals surface area (Å²) in [6.45, 7) is 0. The van der Waals surface area contributed by atoms with Gasteiger partial charge in [-0.3, -0.25) is 0 Å². The van der Waals surface area contributed by atoms with Crippen molar-refractivity contribution in [3.8, 4) is 11.5 Å². The van der Waals surface area contributed by atoms with Gasteiger partial charge in [0.1, 0.15) is 0 Å². The largest absolute Gasteiger partial charge is 0.617 e. The molecule has 0 amide bonds. The number of phenolic OH excluding ortho intramolecular Hbond substituents is 2. The fourth-order valence-corrected chi connectivity index (χ4v) is 1.60. The van der Waals surface area contributed by atoms with Crippen molar-refractivity contribution in [3.63, 3.8) is 0 Å². The van der Waals surface area contributed by atoms with Gasteiger partial charge in [-0.15, -0.1) is 0 Å². The summed E-state index contributed by atoms with van der Waals surface area (Å²) >= 11 is -0.611. The highest BCUT2D eigenvalue weighted by atomic mass is 32.2. The molecule has 5 heteroatoms. The van der Waals surface area contributed by atoms with Crippen LogP contribution in [0.4, 0.5) is 0 Å². The molecule has 0 saturated heterocycles. The van der Waals surface area contributed by atoms with Gasteiger partial charge in [-0.05, 0) is 25.0 Å². The molecule has 0 unspecified atom stereocenters. The van der Waals surface area contributed by atoms with Crippen LogP contribution in [0, 0.1) is 0 Å². The number of para-hydroxylation sites is 2. The fourth-order valence-electron chi connectivity index (χ4n) is 1.60. The Bertz CT molecular complexity index is 304. The van der Waals surface area contributed by atoms with Gasteiger partial charge in [-0.25, -0.2) is 0 Å². The number of hydrogen-bond acceptors (Lipinski definition) is 4. The summed E-state index contributed by atoms with van der Waals surface area (Å²) in [7, 11) is 0. The van der Waals surface area contributed by atoms with E-state index in [2.05, 4.69) is 0 Å². The standard InChI is InChI=1S/C6H13N.C6H6O2.C2H6OS/c7-6-4-2-1-3-5-6;7-5-3-1-2-4-6(5)8;1-4(2)3/h6H,1-5,7H2;1-4,7-8H;1-2H3. The van der Waals surface area contributed by atoms with Crippen molar-refractivity contribution in [1.82, 2.24) is 0 Å². The first-order chi connectivity index (χ1) is 8.93. The second kappa shape index (κ2) is 11.0. The predicted molar refractivity (Wildman–Crippen MR) is 80.8 cm³/mol. The summed E-state index contributed by atoms with van der Waals surface area (Å²) < 4.78 is 9.56. The van der Waals surface area contributed by atoms with E-state index in [1.807, 2.05) is 0 Å². The molecule has 0 bridgehead atoms. The zero-order valence-electron chi connectivity index (χ0n) is 11.7. The molecule has 19 heavy (non-hydrogen) atoms. The van der Waals surface area contributed by atoms with Gasteiger partial charge in [-0.1, -0.05) is 42.6 Å². The summed E-state index contributed by atoms with van der Waals surface area (Å²) in [6, 6.07) is 6.68. The molecule has 0 aromatic heterocycles. The minimum atomic E-state index is -0.611. The minimum Gasteiger partial charge on any atom is -0.617 e. The van der Waals surface area contributed by atoms with E-state index in [-0.39, 0.29) is 11.5 Å². The van der Waals surface area contributed by atoms with E-state index >= 15 is 0 Å². The second-order valence-electron chi connectivity index (χ2n) is 4.63. The molecule has 2 rings (SSSR count). The van der Waals surface area contributed by atoms with E-state index < -0.39 is 11.2 Å². The highest BCUT2D eigenvalue weighted by Gasteiger charge is 2.06. The maximum absolute atomic E-state index is 9.56. The summed E-state index contributed by atoms with van der Waals surface area (Å²) in [5, 5.41) is 17.3. The molecule has 1 aromatic carbocycles. The highest BCUT2D eigenvalue weighted by molar-refractivity contribution is 7.89. The topological polar surface area (TPSA) is 89.5 Å². The molecule has 0 atom stereocenters. The lowest BCUT2D eigenvalue weighted by atomic mass is 9.97. The van der Waals surface area contributed by atoms with E-state index in [4.69, 9.17) is 15.9 Å². The molecule has 1 aromatic rings. The Morgan fingerprint density at radius 3 is 1.63 bits per heavy atom. The normalized spacial score (nSPS) is 15.0. The zero-order chi connectivity index (χ0) is 14.7. The third-order valence-corrected chi connectivity index (χ3v) is 2.53. The van der Waals surface area contributed by atoms with E-state index in [1.165, 1.54) is 44.2 Å². The molecule has 4 nitrogen and oxygen atoms in total. The average molecular weight is 287 g/mol. The van der Waals surface area contributed by atoms with Crippen LogP contribution in [-0.2, 0) is 11.2 Å². The first kappa shape index (κ1) is 18.1. The Balaban J connectivity index is 0.000000272. The number of rotatable bonds is 0. The van der Waals surface area contributed by atoms with Gasteiger partial charge < -0.3 is 20.5 Å². The minimum absolute atomic E-state index is 0.0764. The van der Waals surface area contributed by atoms with Gasteiger partial charge in [0.2, 0.25) is 0 Å². The van der Waals surface area contributed by atoms with E-state index in [1.54, 1.807) is 24.6 Å². The molecular formula is C14H25NO3S. The van der Waals surface area contributed by atoms with Crippen LogP contribution >= 0.6 is 0 Å². The van der Waals surface area contributed by atoms with Gasteiger partial charge in [0.15, 0.2) is 11.5 Å². The van der Waals surface area contributed by atoms with Crippen LogP contribution in [0.1, 0.15) is 32.1 Å². The Morgan fingerprint density at radius 1 is 1.05 bits per heavy atom. The van der Waals surface area contributed by atoms with Gasteiger partial charge in [0, 0.05) is 6.04 Å². The van der Waals surface area contributed by atoms with Crippen LogP contribution in [-0.4, -0.2) is 33.3 Å². The zero-order valence-corrected chi connectivity index (χ0v) is 12.5. The molecule has 0 heterocycles. The number of nitrogens with two attached hydrogens (primary N) is 1. The van der Waals surface area contributed by atoms with Crippen molar-refractivity contribution < 1.29 is 14.8 Å². The van der Waals surface area contributed by atoms with Crippen LogP contribution in [0.3, 0.4) is 0 Å². The van der Waals surface area contributed by atoms with Gasteiger partial charge >= 0.3 is 0 Å². The highest BCUT2D eigenvalue weighted by Crippen LogP contribution is 2.21. The quantitative estimate of drug-likeness (QED) is 0.505. The lowest BCUT2D eigenvalue weighted by Gasteiger charge is -2.15. The maximum atomic E-state index is 9.56. The van der Waals surface area contributed by atoms with E-state index in [0.29, 0.717) is 6.04 Å². The monoisotopic (exact) mass is 287 g/mol. The van der Waals surface area contributed by atoms with Crippen LogP contribution in [0.2, 0.25) is 0 Å². The van der Waals surface area contributed by atoms with Crippen molar-refractivity contribution in [2.45, 2.75) is 38.1 Å². The molecular weight excluding hydrogens is 262 g/mol. The third kappa shape index (κ3) is 11.9. The molecule has 1 aliphatic carbocycles. The summed E-state index contributed by atoms with van der Waals surface area (Å²) in [5.74, 6) is -0.153. The number of hydrogen-bond donors (Lipinski definition) is 3. The van der Waals surface area contributed by atoms with Crippen molar-refractivity contribution >= 4 is 11.2 Å². The van der Waals surface area contributed by atoms with Crippen molar-refractivity contribution in [1.29, 1.82) is 0 Å². The maximum Gasteiger partial charge on any atom is 0.157 e. The summed E-state index contributed by atoms with van der Waals surface area (Å²) in [5.41, 5.74) is 5.63. The van der Waals surface area contributed by atoms with Crippen LogP contribution in [0.15, 0.2) is 24.3 Å². The predicted octanol–water partition coefficient (Wildman–Crippen LogP) is 2.37. The van der Waals surface area contributed by atoms with Crippen molar-refractivity contribution in [2.24, 2.45) is 5.73 Å². The fraction of sp³-hybridized carbons (Fsp3) is 0.571. The molecule has 4 N–H and O–H groups in total. The number of benzene rings is 1. The van der Waals surface area contributed by atoms with Crippen LogP contribution in [0.25, 0.3) is 0 Å². The third-order valence-electron chi connectivity index (χ3n) is 2.53. The molecule has 0 spiro atoms. The number of aromatic hydroxyl groups is 2. The SMILES string of the molecule is C[S+](C)[O-].NC1CCCCC1.Oc1ccccc1O.